The first-order chi connectivity index (χ1) is 8.38. The van der Waals surface area contributed by atoms with E-state index in [1.54, 1.807) is 0 Å². The Balaban J connectivity index is 2.53. The summed E-state index contributed by atoms with van der Waals surface area (Å²) < 4.78 is 37.7. The lowest BCUT2D eigenvalue weighted by Gasteiger charge is -2.10. The van der Waals surface area contributed by atoms with E-state index in [0.717, 1.165) is 18.2 Å². The molecule has 18 heavy (non-hydrogen) atoms. The monoisotopic (exact) mass is 254 g/mol. The molecule has 0 aromatic heterocycles. The van der Waals surface area contributed by atoms with Gasteiger partial charge in [0.2, 0.25) is 0 Å². The molecule has 2 nitrogen and oxygen atoms in total. The van der Waals surface area contributed by atoms with Crippen LogP contribution in [0.5, 0.6) is 11.5 Å². The van der Waals surface area contributed by atoms with Crippen molar-refractivity contribution in [3.63, 3.8) is 0 Å². The van der Waals surface area contributed by atoms with Gasteiger partial charge in [-0.15, -0.1) is 0 Å². The maximum absolute atomic E-state index is 12.6. The number of hydrogen-bond acceptors (Lipinski definition) is 2. The van der Waals surface area contributed by atoms with Crippen LogP contribution in [0.3, 0.4) is 0 Å². The number of hydrogen-bond donors (Lipinski definition) is 2. The van der Waals surface area contributed by atoms with Gasteiger partial charge in [-0.2, -0.15) is 13.2 Å². The fourth-order valence-corrected chi connectivity index (χ4v) is 1.58. The molecule has 2 rings (SSSR count). The van der Waals surface area contributed by atoms with Crippen LogP contribution in [0.15, 0.2) is 42.5 Å². The second-order valence-electron chi connectivity index (χ2n) is 3.78. The van der Waals surface area contributed by atoms with Crippen LogP contribution >= 0.6 is 0 Å². The zero-order valence-corrected chi connectivity index (χ0v) is 9.07. The minimum absolute atomic E-state index is 0.00483. The van der Waals surface area contributed by atoms with Gasteiger partial charge in [-0.05, 0) is 35.9 Å². The third-order valence-electron chi connectivity index (χ3n) is 2.50. The molecule has 0 aliphatic heterocycles. The summed E-state index contributed by atoms with van der Waals surface area (Å²) in [6.45, 7) is 0. The van der Waals surface area contributed by atoms with Crippen molar-refractivity contribution in [2.24, 2.45) is 0 Å². The van der Waals surface area contributed by atoms with Crippen LogP contribution in [0.2, 0.25) is 0 Å². The van der Waals surface area contributed by atoms with E-state index in [2.05, 4.69) is 0 Å². The summed E-state index contributed by atoms with van der Waals surface area (Å²) in [7, 11) is 0. The van der Waals surface area contributed by atoms with Crippen molar-refractivity contribution in [3.05, 3.63) is 48.0 Å². The van der Waals surface area contributed by atoms with Crippen LogP contribution in [-0.2, 0) is 6.18 Å². The highest BCUT2D eigenvalue weighted by Gasteiger charge is 2.31. The van der Waals surface area contributed by atoms with E-state index in [1.807, 2.05) is 0 Å². The Kier molecular flexibility index (Phi) is 2.90. The summed E-state index contributed by atoms with van der Waals surface area (Å²) >= 11 is 0. The highest BCUT2D eigenvalue weighted by molar-refractivity contribution is 5.71. The van der Waals surface area contributed by atoms with E-state index < -0.39 is 11.7 Å². The topological polar surface area (TPSA) is 40.5 Å². The van der Waals surface area contributed by atoms with Crippen molar-refractivity contribution in [2.75, 3.05) is 0 Å². The van der Waals surface area contributed by atoms with Crippen molar-refractivity contribution >= 4 is 0 Å². The average molecular weight is 254 g/mol. The van der Waals surface area contributed by atoms with Gasteiger partial charge in [-0.25, -0.2) is 0 Å². The molecule has 0 radical (unpaired) electrons. The molecule has 0 heterocycles. The van der Waals surface area contributed by atoms with Crippen molar-refractivity contribution in [2.45, 2.75) is 6.18 Å². The maximum Gasteiger partial charge on any atom is 0.416 e. The van der Waals surface area contributed by atoms with Gasteiger partial charge in [-0.3, -0.25) is 0 Å². The standard InChI is InChI=1S/C13H9F3O2/c14-13(15,16)9-3-6-12(18)11(7-9)8-1-4-10(17)5-2-8/h1-7,17-18H. The Morgan fingerprint density at radius 2 is 1.44 bits per heavy atom. The van der Waals surface area contributed by atoms with Crippen LogP contribution < -0.4 is 0 Å². The molecule has 0 atom stereocenters. The number of benzene rings is 2. The van der Waals surface area contributed by atoms with E-state index >= 15 is 0 Å². The predicted molar refractivity (Wildman–Crippen MR) is 60.2 cm³/mol. The fraction of sp³-hybridized carbons (Fsp3) is 0.0769. The Hall–Kier alpha value is -2.17. The van der Waals surface area contributed by atoms with Gasteiger partial charge in [0.25, 0.3) is 0 Å². The molecule has 0 aliphatic carbocycles. The second-order valence-corrected chi connectivity index (χ2v) is 3.78. The lowest BCUT2D eigenvalue weighted by Crippen LogP contribution is -2.04. The average Bonchev–Trinajstić information content (AvgIpc) is 2.29. The number of phenolic OH excluding ortho intramolecular Hbond substituents is 2. The fourth-order valence-electron chi connectivity index (χ4n) is 1.58. The van der Waals surface area contributed by atoms with Crippen molar-refractivity contribution in [3.8, 4) is 22.6 Å². The molecular formula is C13H9F3O2. The Bertz CT molecular complexity index is 559. The predicted octanol–water partition coefficient (Wildman–Crippen LogP) is 3.78. The summed E-state index contributed by atoms with van der Waals surface area (Å²) in [5, 5.41) is 18.7. The number of alkyl halides is 3. The largest absolute Gasteiger partial charge is 0.508 e. The van der Waals surface area contributed by atoms with Gasteiger partial charge in [-0.1, -0.05) is 12.1 Å². The van der Waals surface area contributed by atoms with Crippen molar-refractivity contribution in [1.29, 1.82) is 0 Å². The van der Waals surface area contributed by atoms with E-state index in [1.165, 1.54) is 24.3 Å². The first-order valence-corrected chi connectivity index (χ1v) is 5.07. The molecule has 94 valence electrons. The Labute approximate surface area is 101 Å². The smallest absolute Gasteiger partial charge is 0.416 e. The molecule has 0 unspecified atom stereocenters. The SMILES string of the molecule is Oc1ccc(-c2cc(C(F)(F)F)ccc2O)cc1. The molecule has 2 aromatic carbocycles. The minimum atomic E-state index is -4.46. The van der Waals surface area contributed by atoms with Gasteiger partial charge >= 0.3 is 6.18 Å². The van der Waals surface area contributed by atoms with Crippen LogP contribution in [0.25, 0.3) is 11.1 Å². The zero-order valence-electron chi connectivity index (χ0n) is 9.07. The summed E-state index contributed by atoms with van der Waals surface area (Å²) in [6, 6.07) is 8.26. The zero-order chi connectivity index (χ0) is 13.3. The first kappa shape index (κ1) is 12.3. The summed E-state index contributed by atoms with van der Waals surface area (Å²) in [5.74, 6) is -0.237. The molecule has 0 spiro atoms. The third kappa shape index (κ3) is 2.40. The number of aromatic hydroxyl groups is 2. The highest BCUT2D eigenvalue weighted by atomic mass is 19.4. The number of rotatable bonds is 1. The summed E-state index contributed by atoms with van der Waals surface area (Å²) in [5.41, 5.74) is -0.357. The highest BCUT2D eigenvalue weighted by Crippen LogP contribution is 2.36. The van der Waals surface area contributed by atoms with Gasteiger partial charge < -0.3 is 10.2 Å². The molecule has 0 bridgehead atoms. The lowest BCUT2D eigenvalue weighted by molar-refractivity contribution is -0.137. The lowest BCUT2D eigenvalue weighted by atomic mass is 10.0. The van der Waals surface area contributed by atoms with Crippen molar-refractivity contribution in [1.82, 2.24) is 0 Å². The second kappa shape index (κ2) is 4.25. The Morgan fingerprint density at radius 1 is 0.833 bits per heavy atom. The molecule has 0 saturated carbocycles. The molecule has 0 saturated heterocycles. The van der Waals surface area contributed by atoms with Gasteiger partial charge in [0.1, 0.15) is 11.5 Å². The maximum atomic E-state index is 12.6. The van der Waals surface area contributed by atoms with E-state index in [0.29, 0.717) is 5.56 Å². The quantitative estimate of drug-likeness (QED) is 0.812. The third-order valence-corrected chi connectivity index (χ3v) is 2.50. The minimum Gasteiger partial charge on any atom is -0.508 e. The number of halogens is 3. The molecule has 5 heteroatoms. The van der Waals surface area contributed by atoms with Crippen LogP contribution in [0.4, 0.5) is 13.2 Å². The molecule has 0 fully saturated rings. The molecular weight excluding hydrogens is 245 g/mol. The van der Waals surface area contributed by atoms with Crippen LogP contribution in [-0.4, -0.2) is 10.2 Å². The first-order valence-electron chi connectivity index (χ1n) is 5.07. The van der Waals surface area contributed by atoms with Crippen LogP contribution in [0.1, 0.15) is 5.56 Å². The summed E-state index contributed by atoms with van der Waals surface area (Å²) in [4.78, 5) is 0. The van der Waals surface area contributed by atoms with Crippen LogP contribution in [0, 0.1) is 0 Å². The molecule has 0 amide bonds. The van der Waals surface area contributed by atoms with E-state index in [9.17, 15) is 18.3 Å². The van der Waals surface area contributed by atoms with Crippen molar-refractivity contribution < 1.29 is 23.4 Å². The normalized spacial score (nSPS) is 11.5. The van der Waals surface area contributed by atoms with Gasteiger partial charge in [0.15, 0.2) is 0 Å². The van der Waals surface area contributed by atoms with E-state index in [-0.39, 0.29) is 17.1 Å². The summed E-state index contributed by atoms with van der Waals surface area (Å²) in [6.07, 6.45) is -4.46. The van der Waals surface area contributed by atoms with E-state index in [4.69, 9.17) is 5.11 Å². The van der Waals surface area contributed by atoms with Gasteiger partial charge in [0, 0.05) is 5.56 Å². The Morgan fingerprint density at radius 3 is 2.00 bits per heavy atom. The number of phenols is 2. The molecule has 0 aliphatic rings. The van der Waals surface area contributed by atoms with Gasteiger partial charge in [0.05, 0.1) is 5.56 Å². The molecule has 2 N–H and O–H groups in total. The molecule has 2 aromatic rings.